The summed E-state index contributed by atoms with van der Waals surface area (Å²) >= 11 is 0. The second-order valence-corrected chi connectivity index (χ2v) is 5.59. The minimum Gasteiger partial charge on any atom is -0.444 e. The molecule has 1 atom stereocenters. The summed E-state index contributed by atoms with van der Waals surface area (Å²) in [5.41, 5.74) is -0.447. The number of hydrogen-bond donors (Lipinski definition) is 0. The highest BCUT2D eigenvalue weighted by atomic mass is 16.6. The van der Waals surface area contributed by atoms with Crippen LogP contribution in [0.2, 0.25) is 0 Å². The number of carbonyl (C=O) groups is 1. The first kappa shape index (κ1) is 12.9. The van der Waals surface area contributed by atoms with Gasteiger partial charge in [-0.2, -0.15) is 5.10 Å². The summed E-state index contributed by atoms with van der Waals surface area (Å²) in [6, 6.07) is 0.154. The minimum atomic E-state index is -0.447. The van der Waals surface area contributed by atoms with Crippen LogP contribution in [0.5, 0.6) is 0 Å². The predicted octanol–water partition coefficient (Wildman–Crippen LogP) is 1.68. The first-order chi connectivity index (χ1) is 8.46. The lowest BCUT2D eigenvalue weighted by Crippen LogP contribution is -2.41. The molecule has 1 aliphatic rings. The van der Waals surface area contributed by atoms with Crippen LogP contribution < -0.4 is 0 Å². The molecule has 0 saturated carbocycles. The third kappa shape index (κ3) is 3.21. The van der Waals surface area contributed by atoms with E-state index >= 15 is 0 Å². The maximum atomic E-state index is 12.1. The van der Waals surface area contributed by atoms with Crippen molar-refractivity contribution >= 4 is 6.09 Å². The van der Waals surface area contributed by atoms with Gasteiger partial charge in [-0.1, -0.05) is 0 Å². The highest BCUT2D eigenvalue weighted by Gasteiger charge is 2.32. The molecule has 1 fully saturated rings. The second-order valence-electron chi connectivity index (χ2n) is 5.59. The van der Waals surface area contributed by atoms with Crippen LogP contribution in [0.3, 0.4) is 0 Å². The maximum absolute atomic E-state index is 12.1. The molecule has 1 aliphatic heterocycles. The van der Waals surface area contributed by atoms with Gasteiger partial charge in [0.2, 0.25) is 0 Å². The number of carbonyl (C=O) groups excluding carboxylic acids is 1. The van der Waals surface area contributed by atoms with Gasteiger partial charge in [0.25, 0.3) is 0 Å². The smallest absolute Gasteiger partial charge is 0.410 e. The maximum Gasteiger partial charge on any atom is 0.410 e. The Balaban J connectivity index is 1.97. The van der Waals surface area contributed by atoms with Gasteiger partial charge in [0.05, 0.1) is 12.6 Å². The van der Waals surface area contributed by atoms with Crippen molar-refractivity contribution in [3.63, 3.8) is 0 Å². The SMILES string of the molecule is CC(C)(C)OC(=O)N1CCC[C@@H]1Cn1cncn1. The molecular formula is C12H20N4O2. The summed E-state index contributed by atoms with van der Waals surface area (Å²) in [5.74, 6) is 0. The number of aromatic nitrogens is 3. The molecule has 2 heterocycles. The number of amides is 1. The highest BCUT2D eigenvalue weighted by molar-refractivity contribution is 5.68. The lowest BCUT2D eigenvalue weighted by atomic mass is 10.2. The molecular weight excluding hydrogens is 232 g/mol. The zero-order chi connectivity index (χ0) is 13.2. The van der Waals surface area contributed by atoms with Gasteiger partial charge in [-0.05, 0) is 33.6 Å². The van der Waals surface area contributed by atoms with Crippen LogP contribution in [0, 0.1) is 0 Å². The van der Waals surface area contributed by atoms with Crippen LogP contribution in [-0.4, -0.2) is 43.9 Å². The van der Waals surface area contributed by atoms with Gasteiger partial charge in [0.15, 0.2) is 0 Å². The van der Waals surface area contributed by atoms with E-state index in [1.54, 1.807) is 15.9 Å². The van der Waals surface area contributed by atoms with Crippen molar-refractivity contribution < 1.29 is 9.53 Å². The minimum absolute atomic E-state index is 0.154. The number of ether oxygens (including phenoxy) is 1. The Morgan fingerprint density at radius 1 is 1.50 bits per heavy atom. The molecule has 1 amide bonds. The van der Waals surface area contributed by atoms with Crippen LogP contribution in [0.25, 0.3) is 0 Å². The fourth-order valence-corrected chi connectivity index (χ4v) is 2.13. The molecule has 1 saturated heterocycles. The molecule has 6 heteroatoms. The standard InChI is InChI=1S/C12H20N4O2/c1-12(2,3)18-11(17)16-6-4-5-10(16)7-15-9-13-8-14-15/h8-10H,4-7H2,1-3H3/t10-/m1/s1. The van der Waals surface area contributed by atoms with Crippen LogP contribution >= 0.6 is 0 Å². The van der Waals surface area contributed by atoms with Crippen molar-refractivity contribution in [3.05, 3.63) is 12.7 Å². The third-order valence-corrected chi connectivity index (χ3v) is 2.87. The van der Waals surface area contributed by atoms with Gasteiger partial charge in [0, 0.05) is 6.54 Å². The summed E-state index contributed by atoms with van der Waals surface area (Å²) in [4.78, 5) is 17.8. The van der Waals surface area contributed by atoms with Crippen LogP contribution in [0.15, 0.2) is 12.7 Å². The molecule has 1 aromatic heterocycles. The summed E-state index contributed by atoms with van der Waals surface area (Å²) in [5, 5.41) is 4.07. The Morgan fingerprint density at radius 2 is 2.28 bits per heavy atom. The van der Waals surface area contributed by atoms with Gasteiger partial charge in [0.1, 0.15) is 18.3 Å². The van der Waals surface area contributed by atoms with E-state index in [4.69, 9.17) is 4.74 Å². The van der Waals surface area contributed by atoms with Gasteiger partial charge < -0.3 is 9.64 Å². The summed E-state index contributed by atoms with van der Waals surface area (Å²) < 4.78 is 7.17. The predicted molar refractivity (Wildman–Crippen MR) is 66.0 cm³/mol. The zero-order valence-electron chi connectivity index (χ0n) is 11.2. The van der Waals surface area contributed by atoms with Crippen molar-refractivity contribution in [2.45, 2.75) is 51.8 Å². The normalized spacial score (nSPS) is 20.2. The quantitative estimate of drug-likeness (QED) is 0.803. The molecule has 0 unspecified atom stereocenters. The Kier molecular flexibility index (Phi) is 3.54. The molecule has 0 aliphatic carbocycles. The van der Waals surface area contributed by atoms with Crippen molar-refractivity contribution in [1.82, 2.24) is 19.7 Å². The summed E-state index contributed by atoms with van der Waals surface area (Å²) in [6.07, 6.45) is 4.95. The molecule has 0 bridgehead atoms. The molecule has 2 rings (SSSR count). The van der Waals surface area contributed by atoms with E-state index in [1.165, 1.54) is 6.33 Å². The van der Waals surface area contributed by atoms with Crippen molar-refractivity contribution in [2.24, 2.45) is 0 Å². The van der Waals surface area contributed by atoms with E-state index in [0.29, 0.717) is 6.54 Å². The Hall–Kier alpha value is -1.59. The van der Waals surface area contributed by atoms with Gasteiger partial charge in [-0.15, -0.1) is 0 Å². The number of likely N-dealkylation sites (tertiary alicyclic amines) is 1. The lowest BCUT2D eigenvalue weighted by molar-refractivity contribution is 0.0211. The Bertz CT molecular complexity index is 397. The molecule has 6 nitrogen and oxygen atoms in total. The monoisotopic (exact) mass is 252 g/mol. The van der Waals surface area contributed by atoms with Crippen molar-refractivity contribution in [1.29, 1.82) is 0 Å². The van der Waals surface area contributed by atoms with Crippen molar-refractivity contribution in [3.8, 4) is 0 Å². The summed E-state index contributed by atoms with van der Waals surface area (Å²) in [6.45, 7) is 7.09. The number of rotatable bonds is 2. The fourth-order valence-electron chi connectivity index (χ4n) is 2.13. The topological polar surface area (TPSA) is 60.2 Å². The first-order valence-corrected chi connectivity index (χ1v) is 6.28. The van der Waals surface area contributed by atoms with E-state index in [2.05, 4.69) is 10.1 Å². The van der Waals surface area contributed by atoms with Gasteiger partial charge in [-0.25, -0.2) is 9.78 Å². The Morgan fingerprint density at radius 3 is 2.89 bits per heavy atom. The second kappa shape index (κ2) is 4.96. The van der Waals surface area contributed by atoms with E-state index < -0.39 is 5.60 Å². The zero-order valence-corrected chi connectivity index (χ0v) is 11.2. The average Bonchev–Trinajstić information content (AvgIpc) is 2.86. The van der Waals surface area contributed by atoms with E-state index in [0.717, 1.165) is 19.4 Å². The van der Waals surface area contributed by atoms with E-state index in [-0.39, 0.29) is 12.1 Å². The van der Waals surface area contributed by atoms with Crippen LogP contribution in [-0.2, 0) is 11.3 Å². The number of nitrogens with zero attached hydrogens (tertiary/aromatic N) is 4. The van der Waals surface area contributed by atoms with Crippen LogP contribution in [0.1, 0.15) is 33.6 Å². The molecule has 0 N–H and O–H groups in total. The van der Waals surface area contributed by atoms with Crippen LogP contribution in [0.4, 0.5) is 4.79 Å². The van der Waals surface area contributed by atoms with E-state index in [9.17, 15) is 4.79 Å². The third-order valence-electron chi connectivity index (χ3n) is 2.87. The largest absolute Gasteiger partial charge is 0.444 e. The fraction of sp³-hybridized carbons (Fsp3) is 0.750. The molecule has 1 aromatic rings. The number of hydrogen-bond acceptors (Lipinski definition) is 4. The Labute approximate surface area is 107 Å². The van der Waals surface area contributed by atoms with Gasteiger partial charge >= 0.3 is 6.09 Å². The molecule has 0 radical (unpaired) electrons. The molecule has 0 spiro atoms. The molecule has 100 valence electrons. The first-order valence-electron chi connectivity index (χ1n) is 6.28. The summed E-state index contributed by atoms with van der Waals surface area (Å²) in [7, 11) is 0. The molecule has 18 heavy (non-hydrogen) atoms. The lowest BCUT2D eigenvalue weighted by Gasteiger charge is -2.28. The molecule has 0 aromatic carbocycles. The van der Waals surface area contributed by atoms with E-state index in [1.807, 2.05) is 20.8 Å². The van der Waals surface area contributed by atoms with Gasteiger partial charge in [-0.3, -0.25) is 4.68 Å². The average molecular weight is 252 g/mol. The highest BCUT2D eigenvalue weighted by Crippen LogP contribution is 2.21. The van der Waals surface area contributed by atoms with Crippen molar-refractivity contribution in [2.75, 3.05) is 6.54 Å².